The highest BCUT2D eigenvalue weighted by Gasteiger charge is 2.17. The molecule has 0 atom stereocenters. The number of likely N-dealkylation sites (N-methyl/N-ethyl adjacent to an activating group) is 1. The molecule has 5 heteroatoms. The Labute approximate surface area is 153 Å². The summed E-state index contributed by atoms with van der Waals surface area (Å²) in [7, 11) is 2.14. The molecular formula is C19H21ClN2OS. The van der Waals surface area contributed by atoms with Crippen molar-refractivity contribution in [3.05, 3.63) is 64.7 Å². The number of benzene rings is 2. The molecule has 0 bridgehead atoms. The van der Waals surface area contributed by atoms with Crippen LogP contribution in [0.2, 0.25) is 5.02 Å². The fraction of sp³-hybridized carbons (Fsp3) is 0.316. The van der Waals surface area contributed by atoms with Gasteiger partial charge in [0, 0.05) is 42.3 Å². The van der Waals surface area contributed by atoms with Crippen LogP contribution in [0, 0.1) is 0 Å². The lowest BCUT2D eigenvalue weighted by molar-refractivity contribution is 0.218. The van der Waals surface area contributed by atoms with E-state index in [1.165, 1.54) is 0 Å². The maximum absolute atomic E-state index is 6.17. The Morgan fingerprint density at radius 2 is 1.83 bits per heavy atom. The van der Waals surface area contributed by atoms with Crippen LogP contribution in [0.3, 0.4) is 0 Å². The monoisotopic (exact) mass is 360 g/mol. The van der Waals surface area contributed by atoms with Gasteiger partial charge in [0.2, 0.25) is 0 Å². The van der Waals surface area contributed by atoms with Crippen molar-refractivity contribution in [2.45, 2.75) is 6.61 Å². The van der Waals surface area contributed by atoms with Crippen molar-refractivity contribution in [1.82, 2.24) is 9.80 Å². The zero-order valence-corrected chi connectivity index (χ0v) is 15.3. The van der Waals surface area contributed by atoms with Crippen LogP contribution in [0.25, 0.3) is 0 Å². The van der Waals surface area contributed by atoms with Gasteiger partial charge in [-0.05, 0) is 25.2 Å². The lowest BCUT2D eigenvalue weighted by Gasteiger charge is -2.34. The molecule has 2 aromatic carbocycles. The second-order valence-corrected chi connectivity index (χ2v) is 6.80. The van der Waals surface area contributed by atoms with Gasteiger partial charge in [-0.3, -0.25) is 0 Å². The minimum Gasteiger partial charge on any atom is -0.489 e. The van der Waals surface area contributed by atoms with Crippen LogP contribution in [0.4, 0.5) is 0 Å². The van der Waals surface area contributed by atoms with E-state index in [0.29, 0.717) is 6.61 Å². The highest BCUT2D eigenvalue weighted by molar-refractivity contribution is 7.80. The summed E-state index contributed by atoms with van der Waals surface area (Å²) in [5, 5.41) is 0.724. The van der Waals surface area contributed by atoms with Crippen molar-refractivity contribution in [2.24, 2.45) is 0 Å². The van der Waals surface area contributed by atoms with Crippen LogP contribution in [0.5, 0.6) is 5.75 Å². The second kappa shape index (κ2) is 7.97. The highest BCUT2D eigenvalue weighted by atomic mass is 35.5. The van der Waals surface area contributed by atoms with Gasteiger partial charge >= 0.3 is 0 Å². The molecule has 3 nitrogen and oxygen atoms in total. The van der Waals surface area contributed by atoms with Gasteiger partial charge in [0.1, 0.15) is 17.3 Å². The van der Waals surface area contributed by atoms with E-state index in [1.807, 2.05) is 48.5 Å². The normalized spacial score (nSPS) is 15.3. The average Bonchev–Trinajstić information content (AvgIpc) is 2.61. The molecule has 24 heavy (non-hydrogen) atoms. The van der Waals surface area contributed by atoms with Gasteiger partial charge in [-0.25, -0.2) is 0 Å². The molecule has 1 heterocycles. The molecule has 1 aliphatic rings. The van der Waals surface area contributed by atoms with Gasteiger partial charge < -0.3 is 14.5 Å². The third-order valence-corrected chi connectivity index (χ3v) is 5.09. The summed E-state index contributed by atoms with van der Waals surface area (Å²) in [6, 6.07) is 15.7. The molecule has 2 aromatic rings. The van der Waals surface area contributed by atoms with Crippen molar-refractivity contribution < 1.29 is 4.74 Å². The van der Waals surface area contributed by atoms with Crippen LogP contribution in [-0.2, 0) is 6.61 Å². The van der Waals surface area contributed by atoms with Crippen molar-refractivity contribution in [3.63, 3.8) is 0 Å². The summed E-state index contributed by atoms with van der Waals surface area (Å²) in [4.78, 5) is 5.48. The number of piperazine rings is 1. The Bertz CT molecular complexity index is 714. The number of nitrogens with zero attached hydrogens (tertiary/aromatic N) is 2. The van der Waals surface area contributed by atoms with E-state index in [4.69, 9.17) is 28.6 Å². The zero-order chi connectivity index (χ0) is 16.9. The Morgan fingerprint density at radius 3 is 2.58 bits per heavy atom. The Hall–Kier alpha value is -1.62. The maximum atomic E-state index is 6.17. The molecule has 126 valence electrons. The number of hydrogen-bond acceptors (Lipinski definition) is 3. The first kappa shape index (κ1) is 17.2. The molecule has 1 fully saturated rings. The van der Waals surface area contributed by atoms with Crippen molar-refractivity contribution >= 4 is 28.8 Å². The fourth-order valence-corrected chi connectivity index (χ4v) is 3.19. The molecule has 1 saturated heterocycles. The Kier molecular flexibility index (Phi) is 5.72. The standard InChI is InChI=1S/C19H21ClN2OS/c1-21-9-11-22(12-10-21)19(24)15-6-4-7-17(13-15)23-14-16-5-2-3-8-18(16)20/h2-8,13H,9-12,14H2,1H3. The first-order chi connectivity index (χ1) is 11.6. The van der Waals surface area contributed by atoms with Crippen LogP contribution < -0.4 is 4.74 Å². The quantitative estimate of drug-likeness (QED) is 0.769. The van der Waals surface area contributed by atoms with Gasteiger partial charge in [0.25, 0.3) is 0 Å². The van der Waals surface area contributed by atoms with Crippen LogP contribution in [0.15, 0.2) is 48.5 Å². The smallest absolute Gasteiger partial charge is 0.120 e. The average molecular weight is 361 g/mol. The van der Waals surface area contributed by atoms with Crippen molar-refractivity contribution in [2.75, 3.05) is 33.2 Å². The topological polar surface area (TPSA) is 15.7 Å². The van der Waals surface area contributed by atoms with Crippen molar-refractivity contribution in [1.29, 1.82) is 0 Å². The second-order valence-electron chi connectivity index (χ2n) is 6.00. The molecule has 0 aromatic heterocycles. The molecule has 0 N–H and O–H groups in total. The maximum Gasteiger partial charge on any atom is 0.120 e. The number of ether oxygens (including phenoxy) is 1. The fourth-order valence-electron chi connectivity index (χ4n) is 2.69. The van der Waals surface area contributed by atoms with E-state index < -0.39 is 0 Å². The number of hydrogen-bond donors (Lipinski definition) is 0. The number of rotatable bonds is 4. The van der Waals surface area contributed by atoms with Crippen LogP contribution in [-0.4, -0.2) is 48.0 Å². The third-order valence-electron chi connectivity index (χ3n) is 4.22. The lowest BCUT2D eigenvalue weighted by Crippen LogP contribution is -2.46. The van der Waals surface area contributed by atoms with E-state index in [1.54, 1.807) is 0 Å². The summed E-state index contributed by atoms with van der Waals surface area (Å²) in [6.45, 7) is 4.48. The Morgan fingerprint density at radius 1 is 1.08 bits per heavy atom. The molecular weight excluding hydrogens is 340 g/mol. The van der Waals surface area contributed by atoms with E-state index in [2.05, 4.69) is 16.8 Å². The zero-order valence-electron chi connectivity index (χ0n) is 13.7. The Balaban J connectivity index is 1.65. The van der Waals surface area contributed by atoms with E-state index in [9.17, 15) is 0 Å². The first-order valence-electron chi connectivity index (χ1n) is 8.07. The molecule has 0 amide bonds. The first-order valence-corrected chi connectivity index (χ1v) is 8.86. The lowest BCUT2D eigenvalue weighted by atomic mass is 10.2. The molecule has 3 rings (SSSR count). The summed E-state index contributed by atoms with van der Waals surface area (Å²) in [5.41, 5.74) is 2.01. The van der Waals surface area contributed by atoms with E-state index >= 15 is 0 Å². The van der Waals surface area contributed by atoms with Gasteiger partial charge in [0.15, 0.2) is 0 Å². The molecule has 1 aliphatic heterocycles. The highest BCUT2D eigenvalue weighted by Crippen LogP contribution is 2.20. The van der Waals surface area contributed by atoms with Crippen LogP contribution in [0.1, 0.15) is 11.1 Å². The van der Waals surface area contributed by atoms with Gasteiger partial charge in [0.05, 0.1) is 0 Å². The molecule has 0 spiro atoms. The molecule has 0 aliphatic carbocycles. The van der Waals surface area contributed by atoms with Gasteiger partial charge in [-0.2, -0.15) is 0 Å². The predicted molar refractivity (Wildman–Crippen MR) is 103 cm³/mol. The summed E-state index contributed by atoms with van der Waals surface area (Å²) < 4.78 is 5.90. The van der Waals surface area contributed by atoms with E-state index in [-0.39, 0.29) is 0 Å². The summed E-state index contributed by atoms with van der Waals surface area (Å²) >= 11 is 11.8. The van der Waals surface area contributed by atoms with Crippen molar-refractivity contribution in [3.8, 4) is 5.75 Å². The van der Waals surface area contributed by atoms with Gasteiger partial charge in [-0.1, -0.05) is 54.2 Å². The summed E-state index contributed by atoms with van der Waals surface area (Å²) in [5.74, 6) is 0.809. The minimum absolute atomic E-state index is 0.449. The SMILES string of the molecule is CN1CCN(C(=S)c2cccc(OCc3ccccc3Cl)c2)CC1. The summed E-state index contributed by atoms with van der Waals surface area (Å²) in [6.07, 6.45) is 0. The third kappa shape index (κ3) is 4.26. The number of halogens is 1. The van der Waals surface area contributed by atoms with Crippen LogP contribution >= 0.6 is 23.8 Å². The molecule has 0 unspecified atom stereocenters. The van der Waals surface area contributed by atoms with Gasteiger partial charge in [-0.15, -0.1) is 0 Å². The van der Waals surface area contributed by atoms with E-state index in [0.717, 1.165) is 53.1 Å². The predicted octanol–water partition coefficient (Wildman–Crippen LogP) is 3.84. The minimum atomic E-state index is 0.449. The largest absolute Gasteiger partial charge is 0.489 e. The molecule has 0 radical (unpaired) electrons. The molecule has 0 saturated carbocycles. The number of thiocarbonyl (C=S) groups is 1.